The minimum Gasteiger partial charge on any atom is -0.309 e. The van der Waals surface area contributed by atoms with E-state index in [2.05, 4.69) is 161 Å². The standard InChI is InChI=1S/C50H30N4/c51-31-33-28-29-47-44(30-33)49-41(22-13-27-48(49)54(47)45-25-10-4-14-34(45)32-52)38-19-7-5-17-36(38)37-18-6-8-20-39(37)42-23-12-24-43-40-21-9-11-26-46(40)53(50(42)43)35-15-2-1-3-16-35/h1-30H. The Morgan fingerprint density at radius 1 is 0.370 bits per heavy atom. The molecule has 0 spiro atoms. The minimum absolute atomic E-state index is 0.586. The molecular weight excluding hydrogens is 657 g/mol. The van der Waals surface area contributed by atoms with Crippen LogP contribution in [0.25, 0.3) is 88.4 Å². The van der Waals surface area contributed by atoms with Gasteiger partial charge in [0.2, 0.25) is 0 Å². The topological polar surface area (TPSA) is 57.4 Å². The van der Waals surface area contributed by atoms with Gasteiger partial charge < -0.3 is 9.13 Å². The minimum atomic E-state index is 0.586. The maximum Gasteiger partial charge on any atom is 0.101 e. The fourth-order valence-electron chi connectivity index (χ4n) is 8.37. The second-order valence-electron chi connectivity index (χ2n) is 13.5. The highest BCUT2D eigenvalue weighted by Gasteiger charge is 2.22. The average molecular weight is 687 g/mol. The van der Waals surface area contributed by atoms with Crippen LogP contribution in [0.1, 0.15) is 11.1 Å². The lowest BCUT2D eigenvalue weighted by Crippen LogP contribution is -1.97. The highest BCUT2D eigenvalue weighted by molar-refractivity contribution is 6.18. The van der Waals surface area contributed by atoms with E-state index < -0.39 is 0 Å². The Kier molecular flexibility index (Phi) is 7.22. The smallest absolute Gasteiger partial charge is 0.101 e. The van der Waals surface area contributed by atoms with Crippen LogP contribution in [0.2, 0.25) is 0 Å². The number of hydrogen-bond donors (Lipinski definition) is 0. The highest BCUT2D eigenvalue weighted by atomic mass is 15.0. The first-order valence-corrected chi connectivity index (χ1v) is 18.0. The molecule has 2 aromatic heterocycles. The van der Waals surface area contributed by atoms with Gasteiger partial charge in [-0.3, -0.25) is 0 Å². The Morgan fingerprint density at radius 3 is 1.69 bits per heavy atom. The molecule has 0 radical (unpaired) electrons. The number of hydrogen-bond acceptors (Lipinski definition) is 2. The number of rotatable bonds is 5. The van der Waals surface area contributed by atoms with Crippen LogP contribution < -0.4 is 0 Å². The number of nitriles is 2. The fourth-order valence-corrected chi connectivity index (χ4v) is 8.37. The van der Waals surface area contributed by atoms with E-state index in [1.165, 1.54) is 21.8 Å². The lowest BCUT2D eigenvalue weighted by atomic mass is 9.87. The monoisotopic (exact) mass is 686 g/mol. The van der Waals surface area contributed by atoms with E-state index in [9.17, 15) is 10.5 Å². The first-order valence-electron chi connectivity index (χ1n) is 18.0. The lowest BCUT2D eigenvalue weighted by molar-refractivity contribution is 1.17. The summed E-state index contributed by atoms with van der Waals surface area (Å²) in [5, 5.41) is 24.6. The molecule has 0 N–H and O–H groups in total. The van der Waals surface area contributed by atoms with E-state index in [1.807, 2.05) is 42.5 Å². The largest absolute Gasteiger partial charge is 0.309 e. The Bertz CT molecular complexity index is 3190. The van der Waals surface area contributed by atoms with E-state index in [1.54, 1.807) is 0 Å². The van der Waals surface area contributed by atoms with Crippen LogP contribution in [0, 0.1) is 22.7 Å². The molecule has 2 heterocycles. The summed E-state index contributed by atoms with van der Waals surface area (Å²) in [4.78, 5) is 0. The van der Waals surface area contributed by atoms with Gasteiger partial charge in [0.1, 0.15) is 6.07 Å². The summed E-state index contributed by atoms with van der Waals surface area (Å²) in [6.07, 6.45) is 0. The van der Waals surface area contributed by atoms with Crippen molar-refractivity contribution in [3.05, 3.63) is 193 Å². The predicted molar refractivity (Wildman–Crippen MR) is 221 cm³/mol. The maximum absolute atomic E-state index is 10.1. The van der Waals surface area contributed by atoms with Gasteiger partial charge >= 0.3 is 0 Å². The zero-order chi connectivity index (χ0) is 36.2. The third kappa shape index (κ3) is 4.68. The molecule has 10 aromatic rings. The van der Waals surface area contributed by atoms with Crippen molar-refractivity contribution in [3.63, 3.8) is 0 Å². The van der Waals surface area contributed by atoms with Crippen molar-refractivity contribution in [1.82, 2.24) is 9.13 Å². The van der Waals surface area contributed by atoms with Crippen molar-refractivity contribution in [2.24, 2.45) is 0 Å². The van der Waals surface area contributed by atoms with E-state index in [-0.39, 0.29) is 0 Å². The molecule has 54 heavy (non-hydrogen) atoms. The molecule has 10 rings (SSSR count). The molecule has 0 saturated heterocycles. The summed E-state index contributed by atoms with van der Waals surface area (Å²) < 4.78 is 4.55. The van der Waals surface area contributed by atoms with Crippen molar-refractivity contribution in [2.45, 2.75) is 0 Å². The molecule has 0 aliphatic heterocycles. The number of nitrogens with zero attached hydrogens (tertiary/aromatic N) is 4. The van der Waals surface area contributed by atoms with E-state index in [0.29, 0.717) is 11.1 Å². The Balaban J connectivity index is 1.26. The van der Waals surface area contributed by atoms with Crippen molar-refractivity contribution in [1.29, 1.82) is 10.5 Å². The molecule has 0 unspecified atom stereocenters. The molecule has 0 aliphatic carbocycles. The summed E-state index contributed by atoms with van der Waals surface area (Å²) in [5.74, 6) is 0. The van der Waals surface area contributed by atoms with Crippen LogP contribution in [-0.4, -0.2) is 9.13 Å². The summed E-state index contributed by atoms with van der Waals surface area (Å²) in [7, 11) is 0. The van der Waals surface area contributed by atoms with Crippen LogP contribution >= 0.6 is 0 Å². The fraction of sp³-hybridized carbons (Fsp3) is 0. The van der Waals surface area contributed by atoms with Gasteiger partial charge in [-0.1, -0.05) is 127 Å². The molecule has 0 fully saturated rings. The summed E-state index contributed by atoms with van der Waals surface area (Å²) >= 11 is 0. The molecule has 0 amide bonds. The van der Waals surface area contributed by atoms with Gasteiger partial charge in [-0.2, -0.15) is 10.5 Å². The Labute approximate surface area is 312 Å². The molecule has 8 aromatic carbocycles. The van der Waals surface area contributed by atoms with Crippen molar-refractivity contribution < 1.29 is 0 Å². The third-order valence-corrected chi connectivity index (χ3v) is 10.6. The predicted octanol–water partition coefficient (Wildman–Crippen LogP) is 12.6. The van der Waals surface area contributed by atoms with Gasteiger partial charge in [0.05, 0.1) is 45.0 Å². The van der Waals surface area contributed by atoms with Crippen LogP contribution in [0.5, 0.6) is 0 Å². The SMILES string of the molecule is N#Cc1ccc2c(c1)c1c(-c3ccccc3-c3ccccc3-c3cccc4c5ccccc5n(-c5ccccc5)c34)cccc1n2-c1ccccc1C#N. The highest BCUT2D eigenvalue weighted by Crippen LogP contribution is 2.46. The first kappa shape index (κ1) is 31.1. The molecule has 4 heteroatoms. The maximum atomic E-state index is 10.1. The molecular formula is C50H30N4. The van der Waals surface area contributed by atoms with Crippen molar-refractivity contribution in [2.75, 3.05) is 0 Å². The number of benzene rings is 8. The molecule has 0 aliphatic rings. The van der Waals surface area contributed by atoms with Crippen LogP contribution in [-0.2, 0) is 0 Å². The zero-order valence-electron chi connectivity index (χ0n) is 29.1. The first-order chi connectivity index (χ1) is 26.7. The second-order valence-corrected chi connectivity index (χ2v) is 13.5. The van der Waals surface area contributed by atoms with Crippen molar-refractivity contribution in [3.8, 4) is 56.9 Å². The summed E-state index contributed by atoms with van der Waals surface area (Å²) in [6.45, 7) is 0. The van der Waals surface area contributed by atoms with Gasteiger partial charge in [0.25, 0.3) is 0 Å². The average Bonchev–Trinajstić information content (AvgIpc) is 3.76. The zero-order valence-corrected chi connectivity index (χ0v) is 29.1. The summed E-state index contributed by atoms with van der Waals surface area (Å²) in [6, 6.07) is 67.9. The van der Waals surface area contributed by atoms with Crippen LogP contribution in [0.3, 0.4) is 0 Å². The Morgan fingerprint density at radius 2 is 0.926 bits per heavy atom. The normalized spacial score (nSPS) is 11.3. The van der Waals surface area contributed by atoms with Gasteiger partial charge in [-0.15, -0.1) is 0 Å². The van der Waals surface area contributed by atoms with Gasteiger partial charge in [0.15, 0.2) is 0 Å². The Hall–Kier alpha value is -7.66. The van der Waals surface area contributed by atoms with Gasteiger partial charge in [0, 0.05) is 32.8 Å². The molecule has 0 atom stereocenters. The second kappa shape index (κ2) is 12.5. The third-order valence-electron chi connectivity index (χ3n) is 10.6. The molecule has 0 bridgehead atoms. The molecule has 250 valence electrons. The van der Waals surface area contributed by atoms with E-state index >= 15 is 0 Å². The van der Waals surface area contributed by atoms with Crippen molar-refractivity contribution >= 4 is 43.6 Å². The van der Waals surface area contributed by atoms with E-state index in [4.69, 9.17) is 0 Å². The van der Waals surface area contributed by atoms with Crippen LogP contribution in [0.15, 0.2) is 182 Å². The van der Waals surface area contributed by atoms with Crippen LogP contribution in [0.4, 0.5) is 0 Å². The summed E-state index contributed by atoms with van der Waals surface area (Å²) in [5.41, 5.74) is 14.0. The van der Waals surface area contributed by atoms with E-state index in [0.717, 1.165) is 66.6 Å². The van der Waals surface area contributed by atoms with Gasteiger partial charge in [-0.25, -0.2) is 0 Å². The van der Waals surface area contributed by atoms with Gasteiger partial charge in [-0.05, 0) is 82.4 Å². The molecule has 4 nitrogen and oxygen atoms in total. The number of para-hydroxylation sites is 4. The molecule has 0 saturated carbocycles. The number of fused-ring (bicyclic) bond motifs is 6. The lowest BCUT2D eigenvalue weighted by Gasteiger charge is -2.17. The quantitative estimate of drug-likeness (QED) is 0.181. The number of aromatic nitrogens is 2.